The maximum atomic E-state index is 6.07. The molecule has 0 aromatic carbocycles. The Bertz CT molecular complexity index is 228. The number of piperidine rings is 1. The molecule has 114 valence electrons. The van der Waals surface area contributed by atoms with E-state index in [1.807, 2.05) is 0 Å². The van der Waals surface area contributed by atoms with Crippen LogP contribution in [0.1, 0.15) is 53.4 Å². The summed E-state index contributed by atoms with van der Waals surface area (Å²) < 4.78 is 0. The Morgan fingerprint density at radius 2 is 1.74 bits per heavy atom. The van der Waals surface area contributed by atoms with Gasteiger partial charge in [0.15, 0.2) is 0 Å². The molecule has 1 aliphatic rings. The largest absolute Gasteiger partial charge is 0.329 e. The third kappa shape index (κ3) is 5.41. The molecule has 0 bridgehead atoms. The Morgan fingerprint density at radius 3 is 2.16 bits per heavy atom. The molecular weight excluding hydrogens is 234 g/mol. The molecule has 1 saturated heterocycles. The number of nitrogens with two attached hydrogens (primary N) is 1. The second kappa shape index (κ2) is 8.23. The van der Waals surface area contributed by atoms with E-state index in [0.29, 0.717) is 0 Å². The Hall–Kier alpha value is -0.120. The van der Waals surface area contributed by atoms with E-state index in [2.05, 4.69) is 37.9 Å². The van der Waals surface area contributed by atoms with Crippen molar-refractivity contribution in [2.75, 3.05) is 32.7 Å². The topological polar surface area (TPSA) is 41.3 Å². The zero-order chi connectivity index (χ0) is 14.3. The minimum atomic E-state index is 0.204. The summed E-state index contributed by atoms with van der Waals surface area (Å²) in [5.41, 5.74) is 6.28. The molecule has 0 atom stereocenters. The molecule has 0 amide bonds. The van der Waals surface area contributed by atoms with Crippen LogP contribution in [0.25, 0.3) is 0 Å². The highest BCUT2D eigenvalue weighted by Gasteiger charge is 2.33. The molecule has 3 N–H and O–H groups in total. The fourth-order valence-electron chi connectivity index (χ4n) is 3.07. The number of hydrogen-bond donors (Lipinski definition) is 2. The number of hydrogen-bond acceptors (Lipinski definition) is 3. The van der Waals surface area contributed by atoms with E-state index < -0.39 is 0 Å². The van der Waals surface area contributed by atoms with Gasteiger partial charge in [0.1, 0.15) is 0 Å². The highest BCUT2D eigenvalue weighted by molar-refractivity contribution is 4.94. The average Bonchev–Trinajstić information content (AvgIpc) is 2.41. The summed E-state index contributed by atoms with van der Waals surface area (Å²) in [7, 11) is 0. The highest BCUT2D eigenvalue weighted by Crippen LogP contribution is 2.23. The predicted octanol–water partition coefficient (Wildman–Crippen LogP) is 2.46. The standard InChI is InChI=1S/C16H35N3/c1-5-15(6-2)11-18-16(13-17)7-9-19(10-8-16)12-14(3)4/h14-15,18H,5-13,17H2,1-4H3. The van der Waals surface area contributed by atoms with E-state index in [4.69, 9.17) is 5.73 Å². The van der Waals surface area contributed by atoms with E-state index in [1.165, 1.54) is 45.3 Å². The van der Waals surface area contributed by atoms with Crippen LogP contribution >= 0.6 is 0 Å². The van der Waals surface area contributed by atoms with Crippen LogP contribution in [0.2, 0.25) is 0 Å². The zero-order valence-corrected chi connectivity index (χ0v) is 13.5. The van der Waals surface area contributed by atoms with Gasteiger partial charge < -0.3 is 16.0 Å². The van der Waals surface area contributed by atoms with Gasteiger partial charge >= 0.3 is 0 Å². The Labute approximate surface area is 120 Å². The summed E-state index contributed by atoms with van der Waals surface area (Å²) in [5, 5.41) is 3.81. The summed E-state index contributed by atoms with van der Waals surface area (Å²) in [5.74, 6) is 1.57. The molecule has 1 heterocycles. The molecule has 0 unspecified atom stereocenters. The number of rotatable bonds is 8. The quantitative estimate of drug-likeness (QED) is 0.711. The molecular formula is C16H35N3. The summed E-state index contributed by atoms with van der Waals surface area (Å²) in [4.78, 5) is 2.59. The molecule has 0 radical (unpaired) electrons. The molecule has 3 heteroatoms. The van der Waals surface area contributed by atoms with Crippen LogP contribution in [0.3, 0.4) is 0 Å². The molecule has 1 rings (SSSR count). The van der Waals surface area contributed by atoms with Gasteiger partial charge in [-0.3, -0.25) is 0 Å². The van der Waals surface area contributed by atoms with Crippen LogP contribution in [-0.4, -0.2) is 43.2 Å². The molecule has 3 nitrogen and oxygen atoms in total. The Balaban J connectivity index is 2.41. The van der Waals surface area contributed by atoms with Crippen LogP contribution < -0.4 is 11.1 Å². The van der Waals surface area contributed by atoms with Crippen LogP contribution in [0, 0.1) is 11.8 Å². The maximum absolute atomic E-state index is 6.07. The minimum absolute atomic E-state index is 0.204. The SMILES string of the molecule is CCC(CC)CNC1(CN)CCN(CC(C)C)CC1. The summed E-state index contributed by atoms with van der Waals surface area (Å²) >= 11 is 0. The molecule has 0 aliphatic carbocycles. The van der Waals surface area contributed by atoms with Crippen molar-refractivity contribution in [2.24, 2.45) is 17.6 Å². The van der Waals surface area contributed by atoms with Gasteiger partial charge in [0.25, 0.3) is 0 Å². The molecule has 0 spiro atoms. The van der Waals surface area contributed by atoms with Crippen molar-refractivity contribution >= 4 is 0 Å². The first-order valence-corrected chi connectivity index (χ1v) is 8.22. The fourth-order valence-corrected chi connectivity index (χ4v) is 3.07. The van der Waals surface area contributed by atoms with Crippen LogP contribution in [0.15, 0.2) is 0 Å². The summed E-state index contributed by atoms with van der Waals surface area (Å²) in [6, 6.07) is 0. The molecule has 1 fully saturated rings. The molecule has 0 aromatic heterocycles. The van der Waals surface area contributed by atoms with Gasteiger partial charge in [0.05, 0.1) is 0 Å². The smallest absolute Gasteiger partial charge is 0.0328 e. The second-order valence-electron chi connectivity index (χ2n) is 6.74. The highest BCUT2D eigenvalue weighted by atomic mass is 15.2. The lowest BCUT2D eigenvalue weighted by Crippen LogP contribution is -2.58. The van der Waals surface area contributed by atoms with Crippen molar-refractivity contribution in [1.29, 1.82) is 0 Å². The van der Waals surface area contributed by atoms with Crippen LogP contribution in [-0.2, 0) is 0 Å². The number of likely N-dealkylation sites (tertiary alicyclic amines) is 1. The lowest BCUT2D eigenvalue weighted by atomic mass is 9.86. The van der Waals surface area contributed by atoms with Crippen molar-refractivity contribution in [1.82, 2.24) is 10.2 Å². The first-order chi connectivity index (χ1) is 9.05. The first kappa shape index (κ1) is 16.9. The lowest BCUT2D eigenvalue weighted by molar-refractivity contribution is 0.124. The number of nitrogens with one attached hydrogen (secondary N) is 1. The number of nitrogens with zero attached hydrogens (tertiary/aromatic N) is 1. The van der Waals surface area contributed by atoms with Gasteiger partial charge in [-0.25, -0.2) is 0 Å². The third-order valence-electron chi connectivity index (χ3n) is 4.75. The van der Waals surface area contributed by atoms with Gasteiger partial charge in [-0.05, 0) is 44.3 Å². The minimum Gasteiger partial charge on any atom is -0.329 e. The fraction of sp³-hybridized carbons (Fsp3) is 1.00. The van der Waals surface area contributed by atoms with Crippen molar-refractivity contribution in [3.05, 3.63) is 0 Å². The Morgan fingerprint density at radius 1 is 1.16 bits per heavy atom. The molecule has 1 aliphatic heterocycles. The van der Waals surface area contributed by atoms with Crippen molar-refractivity contribution in [3.63, 3.8) is 0 Å². The normalized spacial score (nSPS) is 20.4. The van der Waals surface area contributed by atoms with Crippen LogP contribution in [0.5, 0.6) is 0 Å². The van der Waals surface area contributed by atoms with E-state index in [9.17, 15) is 0 Å². The maximum Gasteiger partial charge on any atom is 0.0328 e. The first-order valence-electron chi connectivity index (χ1n) is 8.22. The summed E-state index contributed by atoms with van der Waals surface area (Å²) in [6.45, 7) is 14.7. The molecule has 0 aromatic rings. The van der Waals surface area contributed by atoms with Crippen LogP contribution in [0.4, 0.5) is 0 Å². The predicted molar refractivity (Wildman–Crippen MR) is 84.4 cm³/mol. The van der Waals surface area contributed by atoms with Crippen molar-refractivity contribution in [3.8, 4) is 0 Å². The van der Waals surface area contributed by atoms with Gasteiger partial charge in [-0.1, -0.05) is 40.5 Å². The van der Waals surface area contributed by atoms with E-state index in [-0.39, 0.29) is 5.54 Å². The monoisotopic (exact) mass is 269 g/mol. The molecule has 19 heavy (non-hydrogen) atoms. The zero-order valence-electron chi connectivity index (χ0n) is 13.5. The van der Waals surface area contributed by atoms with Crippen molar-refractivity contribution < 1.29 is 0 Å². The summed E-state index contributed by atoms with van der Waals surface area (Å²) in [6.07, 6.45) is 4.94. The Kier molecular flexibility index (Phi) is 7.33. The van der Waals surface area contributed by atoms with Crippen molar-refractivity contribution in [2.45, 2.75) is 58.9 Å². The van der Waals surface area contributed by atoms with E-state index in [0.717, 1.165) is 24.9 Å². The van der Waals surface area contributed by atoms with Gasteiger partial charge in [0.2, 0.25) is 0 Å². The third-order valence-corrected chi connectivity index (χ3v) is 4.75. The van der Waals surface area contributed by atoms with E-state index in [1.54, 1.807) is 0 Å². The van der Waals surface area contributed by atoms with Gasteiger partial charge in [-0.15, -0.1) is 0 Å². The second-order valence-corrected chi connectivity index (χ2v) is 6.74. The van der Waals surface area contributed by atoms with Gasteiger partial charge in [-0.2, -0.15) is 0 Å². The van der Waals surface area contributed by atoms with Gasteiger partial charge in [0, 0.05) is 18.6 Å². The average molecular weight is 269 g/mol. The van der Waals surface area contributed by atoms with E-state index >= 15 is 0 Å². The molecule has 0 saturated carbocycles. The lowest BCUT2D eigenvalue weighted by Gasteiger charge is -2.43.